The Morgan fingerprint density at radius 2 is 2.21 bits per heavy atom. The molecular formula is C19H16N7O5S3+. The highest BCUT2D eigenvalue weighted by Gasteiger charge is 2.54. The predicted molar refractivity (Wildman–Crippen MR) is 124 cm³/mol. The Hall–Kier alpha value is -3.56. The van der Waals surface area contributed by atoms with Gasteiger partial charge in [-0.3, -0.25) is 14.5 Å². The van der Waals surface area contributed by atoms with Crippen LogP contribution in [-0.4, -0.2) is 65.8 Å². The van der Waals surface area contributed by atoms with Crippen molar-refractivity contribution in [3.8, 4) is 0 Å². The van der Waals surface area contributed by atoms with Crippen LogP contribution in [0, 0.1) is 0 Å². The number of nitrogens with zero attached hydrogens (tertiary/aromatic N) is 5. The normalized spacial score (nSPS) is 20.3. The fourth-order valence-corrected chi connectivity index (χ4v) is 6.39. The van der Waals surface area contributed by atoms with Gasteiger partial charge < -0.3 is 21.4 Å². The first-order valence-corrected chi connectivity index (χ1v) is 12.5. The zero-order valence-electron chi connectivity index (χ0n) is 17.1. The second-order valence-electron chi connectivity index (χ2n) is 7.36. The number of hydrogen-bond donors (Lipinski definition) is 4. The number of nitrogen functional groups attached to an aromatic ring is 1. The molecule has 2 aliphatic heterocycles. The molecule has 15 heteroatoms. The van der Waals surface area contributed by atoms with E-state index in [2.05, 4.69) is 20.4 Å². The number of thiazole rings is 2. The van der Waals surface area contributed by atoms with Crippen LogP contribution in [0.2, 0.25) is 0 Å². The van der Waals surface area contributed by atoms with E-state index in [1.807, 2.05) is 23.0 Å². The van der Waals surface area contributed by atoms with E-state index in [0.717, 1.165) is 21.6 Å². The van der Waals surface area contributed by atoms with Gasteiger partial charge in [0.25, 0.3) is 11.8 Å². The van der Waals surface area contributed by atoms with Crippen molar-refractivity contribution in [2.24, 2.45) is 5.16 Å². The van der Waals surface area contributed by atoms with Gasteiger partial charge >= 0.3 is 5.97 Å². The standard InChI is InChI=1S/C19H15N7O5S3/c20-19-22-10(6-33-19)12(24-31)15(27)23-13-16(28)26-14(18(29)30)8(5-32-17(13)26)3-25-2-1-9-11(4-25)34-7-21-9/h1-2,4,6-7,13,17H,3,5H2,(H4-,20,22,23,27,29,30,31)/p+1/t13?,17-/m0/s1. The number of fused-ring (bicyclic) bond motifs is 2. The average Bonchev–Trinajstić information content (AvgIpc) is 3.46. The van der Waals surface area contributed by atoms with Crippen LogP contribution in [0.25, 0.3) is 10.2 Å². The maximum Gasteiger partial charge on any atom is 0.352 e. The topological polar surface area (TPSA) is 175 Å². The van der Waals surface area contributed by atoms with Crippen molar-refractivity contribution in [3.63, 3.8) is 0 Å². The van der Waals surface area contributed by atoms with Gasteiger partial charge in [-0.1, -0.05) is 5.16 Å². The van der Waals surface area contributed by atoms with Crippen LogP contribution in [0.1, 0.15) is 5.69 Å². The highest BCUT2D eigenvalue weighted by atomic mass is 32.2. The van der Waals surface area contributed by atoms with Crippen LogP contribution >= 0.6 is 34.4 Å². The minimum Gasteiger partial charge on any atom is -0.477 e. The van der Waals surface area contributed by atoms with Crippen molar-refractivity contribution in [2.75, 3.05) is 11.5 Å². The Labute approximate surface area is 203 Å². The molecule has 5 rings (SSSR count). The molecule has 12 nitrogen and oxygen atoms in total. The fraction of sp³-hybridized carbons (Fsp3) is 0.211. The van der Waals surface area contributed by atoms with Gasteiger partial charge in [0.1, 0.15) is 27.5 Å². The van der Waals surface area contributed by atoms with Crippen molar-refractivity contribution in [3.05, 3.63) is 46.3 Å². The summed E-state index contributed by atoms with van der Waals surface area (Å²) in [5.41, 5.74) is 8.34. The van der Waals surface area contributed by atoms with Crippen LogP contribution in [0.15, 0.2) is 45.8 Å². The number of rotatable bonds is 6. The molecule has 34 heavy (non-hydrogen) atoms. The van der Waals surface area contributed by atoms with E-state index in [9.17, 15) is 24.7 Å². The van der Waals surface area contributed by atoms with Gasteiger partial charge in [0.05, 0.1) is 11.0 Å². The Bertz CT molecular complexity index is 1400. The first-order valence-electron chi connectivity index (χ1n) is 9.74. The lowest BCUT2D eigenvalue weighted by Crippen LogP contribution is -2.71. The smallest absolute Gasteiger partial charge is 0.352 e. The van der Waals surface area contributed by atoms with E-state index in [4.69, 9.17) is 5.73 Å². The van der Waals surface area contributed by atoms with E-state index < -0.39 is 29.2 Å². The number of nitrogens with one attached hydrogen (secondary N) is 1. The number of carbonyl (C=O) groups is 3. The molecule has 0 aliphatic carbocycles. The van der Waals surface area contributed by atoms with Crippen LogP contribution in [0.4, 0.5) is 5.13 Å². The Balaban J connectivity index is 1.35. The molecule has 5 N–H and O–H groups in total. The van der Waals surface area contributed by atoms with Gasteiger partial charge in [0.15, 0.2) is 29.8 Å². The highest BCUT2D eigenvalue weighted by molar-refractivity contribution is 8.00. The SMILES string of the molecule is Nc1nc(C(=NO)C(=O)NC2C(=O)N3C(C(=O)O)=C(C[n+]4ccc5ncsc5c4)CS[C@@H]23)cs1. The van der Waals surface area contributed by atoms with E-state index in [0.29, 0.717) is 17.9 Å². The molecule has 2 amide bonds. The molecule has 2 atom stereocenters. The third-order valence-electron chi connectivity index (χ3n) is 5.32. The molecule has 0 radical (unpaired) electrons. The molecule has 0 saturated carbocycles. The molecule has 3 aromatic heterocycles. The third kappa shape index (κ3) is 3.76. The molecule has 1 saturated heterocycles. The number of β-lactam (4-membered cyclic amide) rings is 1. The molecule has 1 fully saturated rings. The number of anilines is 1. The van der Waals surface area contributed by atoms with Crippen LogP contribution < -0.4 is 15.6 Å². The summed E-state index contributed by atoms with van der Waals surface area (Å²) in [7, 11) is 0. The second kappa shape index (κ2) is 8.66. The van der Waals surface area contributed by atoms with Crippen molar-refractivity contribution in [1.82, 2.24) is 20.2 Å². The number of carbonyl (C=O) groups excluding carboxylic acids is 2. The van der Waals surface area contributed by atoms with E-state index in [-0.39, 0.29) is 22.2 Å². The largest absolute Gasteiger partial charge is 0.477 e. The van der Waals surface area contributed by atoms with Gasteiger partial charge in [0.2, 0.25) is 0 Å². The summed E-state index contributed by atoms with van der Waals surface area (Å²) < 4.78 is 2.82. The van der Waals surface area contributed by atoms with E-state index in [1.165, 1.54) is 33.4 Å². The van der Waals surface area contributed by atoms with E-state index in [1.54, 1.807) is 5.51 Å². The average molecular weight is 519 g/mol. The Kier molecular flexibility index (Phi) is 5.66. The van der Waals surface area contributed by atoms with Crippen LogP contribution in [0.3, 0.4) is 0 Å². The number of pyridine rings is 1. The van der Waals surface area contributed by atoms with Crippen molar-refractivity contribution in [1.29, 1.82) is 0 Å². The van der Waals surface area contributed by atoms with Gasteiger partial charge in [-0.2, -0.15) is 4.57 Å². The number of thioether (sulfide) groups is 1. The summed E-state index contributed by atoms with van der Waals surface area (Å²) in [6, 6.07) is 0.879. The van der Waals surface area contributed by atoms with Crippen molar-refractivity contribution >= 4 is 73.3 Å². The summed E-state index contributed by atoms with van der Waals surface area (Å²) in [6.07, 6.45) is 3.70. The molecule has 1 unspecified atom stereocenters. The number of nitrogens with two attached hydrogens (primary N) is 1. The zero-order chi connectivity index (χ0) is 24.0. The van der Waals surface area contributed by atoms with Gasteiger partial charge in [-0.25, -0.2) is 14.8 Å². The van der Waals surface area contributed by atoms with Crippen molar-refractivity contribution in [2.45, 2.75) is 18.0 Å². The van der Waals surface area contributed by atoms with Gasteiger partial charge in [-0.05, 0) is 0 Å². The van der Waals surface area contributed by atoms with Gasteiger partial charge in [-0.15, -0.1) is 34.4 Å². The van der Waals surface area contributed by atoms with Crippen LogP contribution in [0.5, 0.6) is 0 Å². The highest BCUT2D eigenvalue weighted by Crippen LogP contribution is 2.40. The minimum absolute atomic E-state index is 0.0748. The number of carboxylic acid groups (broad SMARTS) is 1. The number of oxime groups is 1. The third-order valence-corrected chi connectivity index (χ3v) is 8.11. The Morgan fingerprint density at radius 3 is 2.91 bits per heavy atom. The molecule has 174 valence electrons. The molecular weight excluding hydrogens is 502 g/mol. The predicted octanol–water partition coefficient (Wildman–Crippen LogP) is 0.240. The summed E-state index contributed by atoms with van der Waals surface area (Å²) in [5.74, 6) is -2.22. The minimum atomic E-state index is -1.21. The molecule has 5 heterocycles. The number of carboxylic acids is 1. The number of aromatic nitrogens is 3. The lowest BCUT2D eigenvalue weighted by molar-refractivity contribution is -0.687. The quantitative estimate of drug-likeness (QED) is 0.117. The second-order valence-corrected chi connectivity index (χ2v) is 10.2. The van der Waals surface area contributed by atoms with Gasteiger partial charge in [0, 0.05) is 22.8 Å². The summed E-state index contributed by atoms with van der Waals surface area (Å²) in [5, 5.41) is 25.7. The monoisotopic (exact) mass is 518 g/mol. The van der Waals surface area contributed by atoms with Crippen LogP contribution in [-0.2, 0) is 20.9 Å². The molecule has 0 bridgehead atoms. The number of aliphatic carboxylic acids is 1. The lowest BCUT2D eigenvalue weighted by Gasteiger charge is -2.49. The number of hydrogen-bond acceptors (Lipinski definition) is 11. The fourth-order valence-electron chi connectivity index (χ4n) is 3.79. The molecule has 3 aromatic rings. The van der Waals surface area contributed by atoms with Crippen molar-refractivity contribution < 1.29 is 29.3 Å². The summed E-state index contributed by atoms with van der Waals surface area (Å²) >= 11 is 3.90. The summed E-state index contributed by atoms with van der Waals surface area (Å²) in [6.45, 7) is 0.294. The van der Waals surface area contributed by atoms with E-state index >= 15 is 0 Å². The molecule has 2 aliphatic rings. The molecule has 0 spiro atoms. The molecule has 0 aromatic carbocycles. The lowest BCUT2D eigenvalue weighted by atomic mass is 10.0. The maximum absolute atomic E-state index is 12.9. The summed E-state index contributed by atoms with van der Waals surface area (Å²) in [4.78, 5) is 46.9. The Morgan fingerprint density at radius 1 is 1.38 bits per heavy atom. The maximum atomic E-state index is 12.9. The zero-order valence-corrected chi connectivity index (χ0v) is 19.6. The first-order chi connectivity index (χ1) is 16.4. The number of amides is 2. The first kappa shape index (κ1) is 22.2.